The van der Waals surface area contributed by atoms with Crippen LogP contribution in [0.4, 0.5) is 0 Å². The number of carboxylic acids is 1. The predicted octanol–water partition coefficient (Wildman–Crippen LogP) is -5.26. The molecule has 1 fully saturated rings. The van der Waals surface area contributed by atoms with E-state index in [9.17, 15) is 24.9 Å². The van der Waals surface area contributed by atoms with Crippen molar-refractivity contribution in [1.82, 2.24) is 10.6 Å². The van der Waals surface area contributed by atoms with Gasteiger partial charge in [-0.3, -0.25) is 26.6 Å². The molecule has 10 N–H and O–H groups in total. The Hall–Kier alpha value is -3.38. The second-order valence-electron chi connectivity index (χ2n) is 7.26. The van der Waals surface area contributed by atoms with E-state index in [1.807, 2.05) is 0 Å². The number of hydrogen-bond donors (Lipinski definition) is 8. The summed E-state index contributed by atoms with van der Waals surface area (Å²) in [6, 6.07) is 6.38. The zero-order chi connectivity index (χ0) is 21.0. The molecule has 154 valence electrons. The molecule has 0 saturated carbocycles. The third-order valence-electron chi connectivity index (χ3n) is 5.55. The number of hydrogen-bond acceptors (Lipinski definition) is 9. The van der Waals surface area contributed by atoms with Gasteiger partial charge in [0, 0.05) is 0 Å². The van der Waals surface area contributed by atoms with Gasteiger partial charge in [-0.05, 0) is 12.1 Å². The molecular formula is C17H22N6O6+2. The minimum Gasteiger partial charge on any atom is -0.481 e. The Morgan fingerprint density at radius 1 is 1.28 bits per heavy atom. The number of guanidine groups is 2. The quantitative estimate of drug-likeness (QED) is 0.136. The van der Waals surface area contributed by atoms with Crippen LogP contribution in [0.1, 0.15) is 16.8 Å². The van der Waals surface area contributed by atoms with E-state index < -0.39 is 41.6 Å². The zero-order valence-electron chi connectivity index (χ0n) is 15.2. The average molecular weight is 406 g/mol. The first-order valence-electron chi connectivity index (χ1n) is 8.93. The van der Waals surface area contributed by atoms with Gasteiger partial charge >= 0.3 is 29.5 Å². The Morgan fingerprint density at radius 2 is 1.97 bits per heavy atom. The van der Waals surface area contributed by atoms with E-state index >= 15 is 0 Å². The van der Waals surface area contributed by atoms with Gasteiger partial charge < -0.3 is 20.1 Å². The molecule has 1 unspecified atom stereocenters. The fourth-order valence-electron chi connectivity index (χ4n) is 4.31. The summed E-state index contributed by atoms with van der Waals surface area (Å²) < 4.78 is 6.78. The summed E-state index contributed by atoms with van der Waals surface area (Å²) in [6.45, 7) is -0.164. The van der Waals surface area contributed by atoms with Gasteiger partial charge in [-0.1, -0.05) is 18.2 Å². The Labute approximate surface area is 164 Å². The van der Waals surface area contributed by atoms with E-state index in [1.165, 1.54) is 16.7 Å². The largest absolute Gasteiger partial charge is 0.481 e. The fraction of sp³-hybridized carbons (Fsp3) is 0.412. The van der Waals surface area contributed by atoms with Gasteiger partial charge in [0.2, 0.25) is 0 Å². The number of aliphatic hydroxyl groups is 2. The summed E-state index contributed by atoms with van der Waals surface area (Å²) in [5.74, 6) is -4.50. The number of carboxylic acid groups (broad SMARTS) is 1. The van der Waals surface area contributed by atoms with E-state index in [0.717, 1.165) is 0 Å². The van der Waals surface area contributed by atoms with E-state index in [0.29, 0.717) is 0 Å². The molecule has 1 spiro atoms. The third kappa shape index (κ3) is 2.68. The smallest absolute Gasteiger partial charge is 0.347 e. The molecule has 0 bridgehead atoms. The SMILES string of the molecule is NC1=[NH+][C@H]2[C@H](CC(=O)O)NC(N)=[N+]3C[C@H](OC(=O)c4ccccc4)C(O)(O)C23N1. The van der Waals surface area contributed by atoms with Gasteiger partial charge in [-0.2, -0.15) is 0 Å². The number of carbonyl (C=O) groups is 2. The van der Waals surface area contributed by atoms with Crippen molar-refractivity contribution in [2.75, 3.05) is 6.54 Å². The van der Waals surface area contributed by atoms with Crippen LogP contribution in [-0.2, 0) is 9.53 Å². The Bertz CT molecular complexity index is 932. The number of benzene rings is 1. The maximum absolute atomic E-state index is 12.5. The Kier molecular flexibility index (Phi) is 4.13. The first-order chi connectivity index (χ1) is 13.7. The summed E-state index contributed by atoms with van der Waals surface area (Å²) >= 11 is 0. The lowest BCUT2D eigenvalue weighted by Crippen LogP contribution is -2.91. The minimum atomic E-state index is -2.65. The van der Waals surface area contributed by atoms with E-state index in [-0.39, 0.29) is 30.4 Å². The van der Waals surface area contributed by atoms with Crippen molar-refractivity contribution in [3.63, 3.8) is 0 Å². The number of esters is 1. The van der Waals surface area contributed by atoms with Gasteiger partial charge in [0.25, 0.3) is 5.79 Å². The molecule has 29 heavy (non-hydrogen) atoms. The number of ether oxygens (including phenoxy) is 1. The minimum absolute atomic E-state index is 0.00207. The summed E-state index contributed by atoms with van der Waals surface area (Å²) in [4.78, 5) is 26.6. The van der Waals surface area contributed by atoms with Crippen LogP contribution in [0.2, 0.25) is 0 Å². The molecule has 1 saturated heterocycles. The van der Waals surface area contributed by atoms with Gasteiger partial charge in [0.1, 0.15) is 12.6 Å². The van der Waals surface area contributed by atoms with Crippen LogP contribution >= 0.6 is 0 Å². The number of nitrogens with one attached hydrogen (secondary N) is 3. The lowest BCUT2D eigenvalue weighted by atomic mass is 9.85. The summed E-state index contributed by atoms with van der Waals surface area (Å²) in [5, 5.41) is 37.1. The first kappa shape index (κ1) is 19.0. The Morgan fingerprint density at radius 3 is 2.62 bits per heavy atom. The molecule has 12 nitrogen and oxygen atoms in total. The lowest BCUT2D eigenvalue weighted by molar-refractivity contribution is -0.674. The number of nitrogens with zero attached hydrogens (tertiary/aromatic N) is 1. The zero-order valence-corrected chi connectivity index (χ0v) is 15.2. The average Bonchev–Trinajstić information content (AvgIpc) is 3.12. The molecule has 4 rings (SSSR count). The highest BCUT2D eigenvalue weighted by atomic mass is 16.6. The van der Waals surface area contributed by atoms with E-state index in [1.54, 1.807) is 18.2 Å². The van der Waals surface area contributed by atoms with Gasteiger partial charge in [0.05, 0.1) is 12.0 Å². The molecule has 1 aromatic carbocycles. The highest BCUT2D eigenvalue weighted by Crippen LogP contribution is 2.39. The predicted molar refractivity (Wildman–Crippen MR) is 96.1 cm³/mol. The maximum atomic E-state index is 12.5. The summed E-state index contributed by atoms with van der Waals surface area (Å²) in [5.41, 5.74) is 10.4. The van der Waals surface area contributed by atoms with Crippen molar-refractivity contribution in [3.8, 4) is 0 Å². The molecule has 0 amide bonds. The van der Waals surface area contributed by atoms with Crippen molar-refractivity contribution in [2.45, 2.75) is 36.1 Å². The molecule has 12 heteroatoms. The van der Waals surface area contributed by atoms with Gasteiger partial charge in [-0.15, -0.1) is 0 Å². The second-order valence-corrected chi connectivity index (χ2v) is 7.26. The highest BCUT2D eigenvalue weighted by molar-refractivity contribution is 5.89. The number of aliphatic carboxylic acids is 1. The number of rotatable bonds is 4. The van der Waals surface area contributed by atoms with Crippen molar-refractivity contribution < 1.29 is 39.2 Å². The molecule has 4 atom stereocenters. The number of nitrogens with two attached hydrogens (primary N) is 2. The fourth-order valence-corrected chi connectivity index (χ4v) is 4.31. The third-order valence-corrected chi connectivity index (χ3v) is 5.55. The molecule has 0 aromatic heterocycles. The topological polar surface area (TPSA) is 197 Å². The molecule has 3 aliphatic heterocycles. The molecule has 3 heterocycles. The highest BCUT2D eigenvalue weighted by Gasteiger charge is 2.79. The van der Waals surface area contributed by atoms with Crippen LogP contribution in [0.5, 0.6) is 0 Å². The molecule has 3 aliphatic rings. The van der Waals surface area contributed by atoms with Crippen LogP contribution in [0.25, 0.3) is 0 Å². The van der Waals surface area contributed by atoms with Crippen LogP contribution < -0.4 is 27.1 Å². The molecule has 0 radical (unpaired) electrons. The number of carbonyl (C=O) groups excluding carboxylic acids is 1. The van der Waals surface area contributed by atoms with Crippen molar-refractivity contribution >= 4 is 23.9 Å². The summed E-state index contributed by atoms with van der Waals surface area (Å²) in [6.07, 6.45) is -1.77. The van der Waals surface area contributed by atoms with Crippen LogP contribution in [0, 0.1) is 0 Å². The standard InChI is InChI=1S/C17H20N6O6/c18-14-21-12-9(6-11(24)25)20-15(19)23-7-10(17(27,28)16(12,23)22-14)29-13(26)8-4-2-1-3-5-8/h1-5,9-10,12,27-28H,6-7H2,(H6,18,19,20,21,22,24,25)/p+2/t9-,10-,12-,16?/m0/s1. The van der Waals surface area contributed by atoms with Crippen molar-refractivity contribution in [2.24, 2.45) is 11.5 Å². The monoisotopic (exact) mass is 406 g/mol. The van der Waals surface area contributed by atoms with Crippen molar-refractivity contribution in [1.29, 1.82) is 0 Å². The molecule has 0 aliphatic carbocycles. The molecule has 1 aromatic rings. The normalized spacial score (nSPS) is 31.8. The maximum Gasteiger partial charge on any atom is 0.347 e. The second kappa shape index (κ2) is 6.32. The van der Waals surface area contributed by atoms with Crippen LogP contribution in [0.15, 0.2) is 30.3 Å². The molecular weight excluding hydrogens is 384 g/mol. The Balaban J connectivity index is 1.71. The van der Waals surface area contributed by atoms with Gasteiger partial charge in [-0.25, -0.2) is 14.7 Å². The van der Waals surface area contributed by atoms with Crippen molar-refractivity contribution in [3.05, 3.63) is 35.9 Å². The van der Waals surface area contributed by atoms with Crippen LogP contribution in [-0.4, -0.2) is 79.9 Å². The lowest BCUT2D eigenvalue weighted by Gasteiger charge is -2.40. The summed E-state index contributed by atoms with van der Waals surface area (Å²) in [7, 11) is 0. The first-order valence-corrected chi connectivity index (χ1v) is 8.93. The van der Waals surface area contributed by atoms with E-state index in [2.05, 4.69) is 15.6 Å². The van der Waals surface area contributed by atoms with Gasteiger partial charge in [0.15, 0.2) is 12.1 Å². The van der Waals surface area contributed by atoms with Crippen LogP contribution in [0.3, 0.4) is 0 Å². The van der Waals surface area contributed by atoms with E-state index in [4.69, 9.17) is 16.2 Å².